The minimum absolute atomic E-state index is 0.128. The van der Waals surface area contributed by atoms with Crippen LogP contribution >= 0.6 is 0 Å². The number of carboxylic acids is 2. The van der Waals surface area contributed by atoms with Crippen LogP contribution in [-0.4, -0.2) is 79.3 Å². The number of carboxylic acid groups (broad SMARTS) is 2. The molecule has 4 rings (SSSR count). The van der Waals surface area contributed by atoms with Crippen molar-refractivity contribution < 1.29 is 40.2 Å². The Morgan fingerprint density at radius 3 is 1.58 bits per heavy atom. The molecule has 0 aliphatic carbocycles. The number of carbonyl (C=O) groups is 2. The lowest BCUT2D eigenvalue weighted by atomic mass is 9.72. The highest BCUT2D eigenvalue weighted by Crippen LogP contribution is 2.42. The molecule has 0 radical (unpaired) electrons. The van der Waals surface area contributed by atoms with Gasteiger partial charge in [0.2, 0.25) is 0 Å². The molecule has 45 heavy (non-hydrogen) atoms. The summed E-state index contributed by atoms with van der Waals surface area (Å²) in [5, 5.41) is 55.3. The average Bonchev–Trinajstić information content (AvgIpc) is 3.04. The van der Waals surface area contributed by atoms with Crippen LogP contribution in [0, 0.1) is 5.92 Å². The zero-order valence-corrected chi connectivity index (χ0v) is 26.3. The van der Waals surface area contributed by atoms with Crippen molar-refractivity contribution in [2.75, 3.05) is 19.6 Å². The van der Waals surface area contributed by atoms with Gasteiger partial charge >= 0.3 is 11.9 Å². The summed E-state index contributed by atoms with van der Waals surface area (Å²) in [6.45, 7) is 9.57. The van der Waals surface area contributed by atoms with Gasteiger partial charge in [0.25, 0.3) is 0 Å². The molecule has 1 aliphatic heterocycles. The maximum Gasteiger partial charge on any atom is 0.335 e. The topological polar surface area (TPSA) is 159 Å². The van der Waals surface area contributed by atoms with Gasteiger partial charge in [-0.3, -0.25) is 0 Å². The zero-order valence-electron chi connectivity index (χ0n) is 26.3. The second-order valence-corrected chi connectivity index (χ2v) is 12.7. The first-order chi connectivity index (χ1) is 21.2. The second-order valence-electron chi connectivity index (χ2n) is 12.7. The van der Waals surface area contributed by atoms with E-state index in [1.807, 2.05) is 36.4 Å². The molecule has 3 atom stereocenters. The number of rotatable bonds is 11. The molecule has 6 N–H and O–H groups in total. The van der Waals surface area contributed by atoms with Crippen molar-refractivity contribution in [1.29, 1.82) is 0 Å². The number of hydrogen-bond donors (Lipinski definition) is 6. The molecular weight excluding hydrogens is 574 g/mol. The summed E-state index contributed by atoms with van der Waals surface area (Å²) in [5.41, 5.74) is 3.41. The summed E-state index contributed by atoms with van der Waals surface area (Å²) in [5.74, 6) is -3.36. The third-order valence-corrected chi connectivity index (χ3v) is 8.52. The van der Waals surface area contributed by atoms with Gasteiger partial charge < -0.3 is 35.5 Å². The maximum absolute atomic E-state index is 12.1. The summed E-state index contributed by atoms with van der Waals surface area (Å²) in [4.78, 5) is 22.0. The van der Waals surface area contributed by atoms with Gasteiger partial charge in [0.05, 0.1) is 6.10 Å². The van der Waals surface area contributed by atoms with Crippen LogP contribution in [0.4, 0.5) is 0 Å². The number of aliphatic carboxylic acids is 2. The van der Waals surface area contributed by atoms with E-state index in [0.29, 0.717) is 0 Å². The third kappa shape index (κ3) is 9.69. The molecule has 1 saturated heterocycles. The molecule has 3 aromatic carbocycles. The first-order valence-corrected chi connectivity index (χ1v) is 15.4. The standard InChI is InChI=1S/C32H41NO2.C4H6O6/c1-31(2,3)26-18-16-25(17-19-26)30(34)15-10-22-33-23-20-29(21-24-33)32(35,27-11-6-4-7-12-27)28-13-8-5-9-14-28;5-1(3(7)8)2(6)4(9)10/h4-9,11-14,16-19,29-30,34-35H,10,15,20-24H2,1-3H3;1-2,5-6H,(H,7,8)(H,9,10)/t30-;/m1./s1. The molecule has 9 nitrogen and oxygen atoms in total. The lowest BCUT2D eigenvalue weighted by Gasteiger charge is -2.42. The fourth-order valence-electron chi connectivity index (χ4n) is 5.75. The van der Waals surface area contributed by atoms with E-state index < -0.39 is 35.9 Å². The van der Waals surface area contributed by atoms with Crippen LogP contribution in [0.2, 0.25) is 0 Å². The maximum atomic E-state index is 12.1. The summed E-state index contributed by atoms with van der Waals surface area (Å²) in [7, 11) is 0. The van der Waals surface area contributed by atoms with Crippen LogP contribution in [0.1, 0.15) is 74.8 Å². The predicted octanol–water partition coefficient (Wildman–Crippen LogP) is 4.32. The van der Waals surface area contributed by atoms with Gasteiger partial charge in [-0.25, -0.2) is 9.59 Å². The Bertz CT molecular complexity index is 1280. The van der Waals surface area contributed by atoms with Crippen molar-refractivity contribution in [3.63, 3.8) is 0 Å². The molecule has 0 saturated carbocycles. The van der Waals surface area contributed by atoms with Crippen LogP contribution in [0.25, 0.3) is 0 Å². The number of likely N-dealkylation sites (tertiary alicyclic amines) is 1. The predicted molar refractivity (Wildman–Crippen MR) is 172 cm³/mol. The Labute approximate surface area is 265 Å². The minimum Gasteiger partial charge on any atom is -0.479 e. The first-order valence-electron chi connectivity index (χ1n) is 15.4. The Kier molecular flexibility index (Phi) is 12.8. The van der Waals surface area contributed by atoms with Gasteiger partial charge in [-0.15, -0.1) is 0 Å². The fraction of sp³-hybridized carbons (Fsp3) is 0.444. The average molecular weight is 622 g/mol. The molecule has 0 spiro atoms. The van der Waals surface area contributed by atoms with Gasteiger partial charge in [-0.05, 0) is 78.9 Å². The smallest absolute Gasteiger partial charge is 0.335 e. The minimum atomic E-state index is -2.27. The monoisotopic (exact) mass is 621 g/mol. The first kappa shape index (κ1) is 35.9. The lowest BCUT2D eigenvalue weighted by molar-refractivity contribution is -0.165. The van der Waals surface area contributed by atoms with E-state index in [1.54, 1.807) is 0 Å². The third-order valence-electron chi connectivity index (χ3n) is 8.52. The van der Waals surface area contributed by atoms with Crippen molar-refractivity contribution >= 4 is 11.9 Å². The van der Waals surface area contributed by atoms with Crippen molar-refractivity contribution in [3.05, 3.63) is 107 Å². The van der Waals surface area contributed by atoms with Crippen LogP contribution in [0.15, 0.2) is 84.9 Å². The number of hydrogen-bond acceptors (Lipinski definition) is 7. The molecule has 1 heterocycles. The zero-order chi connectivity index (χ0) is 33.2. The second kappa shape index (κ2) is 16.1. The Morgan fingerprint density at radius 1 is 0.733 bits per heavy atom. The lowest BCUT2D eigenvalue weighted by Crippen LogP contribution is -2.44. The normalized spacial score (nSPS) is 16.6. The van der Waals surface area contributed by atoms with E-state index in [0.717, 1.165) is 62.0 Å². The summed E-state index contributed by atoms with van der Waals surface area (Å²) >= 11 is 0. The highest BCUT2D eigenvalue weighted by molar-refractivity contribution is 5.83. The Hall–Kier alpha value is -3.60. The van der Waals surface area contributed by atoms with E-state index in [2.05, 4.69) is 74.2 Å². The van der Waals surface area contributed by atoms with Crippen LogP contribution in [0.3, 0.4) is 0 Å². The van der Waals surface area contributed by atoms with Crippen LogP contribution in [-0.2, 0) is 20.6 Å². The van der Waals surface area contributed by atoms with Gasteiger partial charge in [0, 0.05) is 0 Å². The molecule has 3 aromatic rings. The van der Waals surface area contributed by atoms with Gasteiger partial charge in [0.1, 0.15) is 5.60 Å². The molecule has 244 valence electrons. The largest absolute Gasteiger partial charge is 0.479 e. The van der Waals surface area contributed by atoms with Crippen LogP contribution < -0.4 is 0 Å². The number of nitrogens with zero attached hydrogens (tertiary/aromatic N) is 1. The summed E-state index contributed by atoms with van der Waals surface area (Å²) < 4.78 is 0. The number of benzene rings is 3. The molecule has 0 amide bonds. The quantitative estimate of drug-likeness (QED) is 0.183. The van der Waals surface area contributed by atoms with Gasteiger partial charge in [-0.2, -0.15) is 0 Å². The van der Waals surface area contributed by atoms with Gasteiger partial charge in [-0.1, -0.05) is 106 Å². The molecule has 2 unspecified atom stereocenters. The van der Waals surface area contributed by atoms with Gasteiger partial charge in [0.15, 0.2) is 12.2 Å². The molecule has 0 aromatic heterocycles. The van der Waals surface area contributed by atoms with E-state index in [4.69, 9.17) is 20.4 Å². The van der Waals surface area contributed by atoms with Crippen LogP contribution in [0.5, 0.6) is 0 Å². The molecular formula is C36H47NO8. The summed E-state index contributed by atoms with van der Waals surface area (Å²) in [6.07, 6.45) is -1.30. The SMILES string of the molecule is CC(C)(C)c1ccc([C@H](O)CCCN2CCC(C(O)(c3ccccc3)c3ccccc3)CC2)cc1.O=C(O)C(O)C(O)C(=O)O. The van der Waals surface area contributed by atoms with Crippen molar-refractivity contribution in [2.24, 2.45) is 5.92 Å². The number of aliphatic hydroxyl groups excluding tert-OH is 3. The van der Waals surface area contributed by atoms with E-state index in [-0.39, 0.29) is 11.3 Å². The van der Waals surface area contributed by atoms with Crippen molar-refractivity contribution in [3.8, 4) is 0 Å². The van der Waals surface area contributed by atoms with Crippen molar-refractivity contribution in [1.82, 2.24) is 4.90 Å². The summed E-state index contributed by atoms with van der Waals surface area (Å²) in [6, 6.07) is 28.7. The fourth-order valence-corrected chi connectivity index (χ4v) is 5.75. The number of piperidine rings is 1. The molecule has 0 bridgehead atoms. The number of aliphatic hydroxyl groups is 4. The molecule has 9 heteroatoms. The highest BCUT2D eigenvalue weighted by Gasteiger charge is 2.41. The van der Waals surface area contributed by atoms with E-state index in [9.17, 15) is 19.8 Å². The van der Waals surface area contributed by atoms with E-state index in [1.165, 1.54) is 5.56 Å². The highest BCUT2D eigenvalue weighted by atomic mass is 16.4. The van der Waals surface area contributed by atoms with Crippen molar-refractivity contribution in [2.45, 2.75) is 75.8 Å². The molecule has 1 fully saturated rings. The molecule has 1 aliphatic rings. The Morgan fingerprint density at radius 2 is 1.18 bits per heavy atom. The Balaban J connectivity index is 0.000000477. The van der Waals surface area contributed by atoms with E-state index >= 15 is 0 Å².